The molecule has 0 saturated carbocycles. The SMILES string of the molecule is CN(C)C(=O)CSc1ccccc1C(=O)OCC(=O)N(C)Cc1ccsc1. The molecule has 1 heterocycles. The molecular weight excluding hydrogens is 384 g/mol. The van der Waals surface area contributed by atoms with Crippen molar-refractivity contribution < 1.29 is 19.1 Å². The second-order valence-corrected chi connectivity index (χ2v) is 7.83. The van der Waals surface area contributed by atoms with Crippen LogP contribution in [0.15, 0.2) is 46.0 Å². The predicted octanol–water partition coefficient (Wildman–Crippen LogP) is 2.74. The fourth-order valence-electron chi connectivity index (χ4n) is 2.09. The molecule has 0 aliphatic heterocycles. The quantitative estimate of drug-likeness (QED) is 0.498. The molecule has 0 aliphatic carbocycles. The molecule has 144 valence electrons. The van der Waals surface area contributed by atoms with Gasteiger partial charge in [0.2, 0.25) is 5.91 Å². The van der Waals surface area contributed by atoms with Crippen LogP contribution in [0, 0.1) is 0 Å². The number of likely N-dealkylation sites (N-methyl/N-ethyl adjacent to an activating group) is 1. The summed E-state index contributed by atoms with van der Waals surface area (Å²) in [5, 5.41) is 3.92. The highest BCUT2D eigenvalue weighted by Gasteiger charge is 2.17. The van der Waals surface area contributed by atoms with E-state index in [4.69, 9.17) is 4.74 Å². The molecule has 2 aromatic rings. The van der Waals surface area contributed by atoms with Gasteiger partial charge in [-0.3, -0.25) is 9.59 Å². The van der Waals surface area contributed by atoms with Gasteiger partial charge >= 0.3 is 5.97 Å². The number of thioether (sulfide) groups is 1. The number of hydrogen-bond donors (Lipinski definition) is 0. The first-order valence-corrected chi connectivity index (χ1v) is 10.2. The third-order valence-electron chi connectivity index (χ3n) is 3.71. The summed E-state index contributed by atoms with van der Waals surface area (Å²) in [6, 6.07) is 8.85. The minimum atomic E-state index is -0.576. The lowest BCUT2D eigenvalue weighted by molar-refractivity contribution is -0.133. The zero-order valence-corrected chi connectivity index (χ0v) is 17.1. The molecule has 0 unspecified atom stereocenters. The first-order chi connectivity index (χ1) is 12.9. The zero-order valence-electron chi connectivity index (χ0n) is 15.5. The van der Waals surface area contributed by atoms with Crippen LogP contribution in [0.4, 0.5) is 0 Å². The lowest BCUT2D eigenvalue weighted by atomic mass is 10.2. The summed E-state index contributed by atoms with van der Waals surface area (Å²) < 4.78 is 5.19. The van der Waals surface area contributed by atoms with Gasteiger partial charge in [-0.25, -0.2) is 4.79 Å². The summed E-state index contributed by atoms with van der Waals surface area (Å²) in [4.78, 5) is 40.0. The third kappa shape index (κ3) is 6.41. The largest absolute Gasteiger partial charge is 0.452 e. The fourth-order valence-corrected chi connectivity index (χ4v) is 3.77. The van der Waals surface area contributed by atoms with E-state index in [-0.39, 0.29) is 24.2 Å². The Bertz CT molecular complexity index is 791. The summed E-state index contributed by atoms with van der Waals surface area (Å²) in [7, 11) is 5.03. The number of carbonyl (C=O) groups is 3. The van der Waals surface area contributed by atoms with Crippen molar-refractivity contribution in [1.29, 1.82) is 0 Å². The molecule has 0 fully saturated rings. The molecular formula is C19H22N2O4S2. The molecule has 0 spiro atoms. The van der Waals surface area contributed by atoms with Gasteiger partial charge in [-0.2, -0.15) is 11.3 Å². The fraction of sp³-hybridized carbons (Fsp3) is 0.316. The topological polar surface area (TPSA) is 66.9 Å². The Morgan fingerprint density at radius 1 is 1.07 bits per heavy atom. The lowest BCUT2D eigenvalue weighted by Gasteiger charge is -2.17. The molecule has 0 aliphatic rings. The molecule has 0 bridgehead atoms. The second-order valence-electron chi connectivity index (χ2n) is 6.03. The highest BCUT2D eigenvalue weighted by atomic mass is 32.2. The Kier molecular flexibility index (Phi) is 7.87. The number of ether oxygens (including phenoxy) is 1. The maximum atomic E-state index is 12.4. The van der Waals surface area contributed by atoms with Crippen molar-refractivity contribution in [2.24, 2.45) is 0 Å². The second kappa shape index (κ2) is 10.1. The number of hydrogen-bond acceptors (Lipinski definition) is 6. The molecule has 0 radical (unpaired) electrons. The number of carbonyl (C=O) groups excluding carboxylic acids is 3. The van der Waals surface area contributed by atoms with Crippen LogP contribution in [-0.2, 0) is 20.9 Å². The number of esters is 1. The molecule has 2 amide bonds. The van der Waals surface area contributed by atoms with Crippen molar-refractivity contribution in [3.05, 3.63) is 52.2 Å². The van der Waals surface area contributed by atoms with Gasteiger partial charge in [0.15, 0.2) is 6.61 Å². The number of nitrogens with zero attached hydrogens (tertiary/aromatic N) is 2. The number of benzene rings is 1. The first kappa shape index (κ1) is 21.0. The zero-order chi connectivity index (χ0) is 19.8. The van der Waals surface area contributed by atoms with Crippen LogP contribution in [0.3, 0.4) is 0 Å². The normalized spacial score (nSPS) is 10.3. The number of amides is 2. The van der Waals surface area contributed by atoms with Crippen LogP contribution in [0.5, 0.6) is 0 Å². The summed E-state index contributed by atoms with van der Waals surface area (Å²) >= 11 is 2.83. The Labute approximate surface area is 167 Å². The van der Waals surface area contributed by atoms with E-state index in [0.717, 1.165) is 5.56 Å². The van der Waals surface area contributed by atoms with Crippen molar-refractivity contribution in [2.75, 3.05) is 33.5 Å². The maximum Gasteiger partial charge on any atom is 0.339 e. The van der Waals surface area contributed by atoms with Gasteiger partial charge in [0.25, 0.3) is 5.91 Å². The lowest BCUT2D eigenvalue weighted by Crippen LogP contribution is -2.30. The van der Waals surface area contributed by atoms with Gasteiger partial charge in [-0.1, -0.05) is 12.1 Å². The van der Waals surface area contributed by atoms with E-state index in [1.807, 2.05) is 16.8 Å². The molecule has 27 heavy (non-hydrogen) atoms. The molecule has 2 rings (SSSR count). The number of thiophene rings is 1. The van der Waals surface area contributed by atoms with E-state index in [1.165, 1.54) is 21.6 Å². The van der Waals surface area contributed by atoms with Crippen molar-refractivity contribution in [3.63, 3.8) is 0 Å². The van der Waals surface area contributed by atoms with Gasteiger partial charge in [0.05, 0.1) is 11.3 Å². The number of rotatable bonds is 8. The van der Waals surface area contributed by atoms with Crippen LogP contribution in [0.2, 0.25) is 0 Å². The molecule has 0 atom stereocenters. The molecule has 1 aromatic heterocycles. The van der Waals surface area contributed by atoms with Crippen LogP contribution in [0.1, 0.15) is 15.9 Å². The Morgan fingerprint density at radius 3 is 2.48 bits per heavy atom. The van der Waals surface area contributed by atoms with Crippen LogP contribution in [0.25, 0.3) is 0 Å². The van der Waals surface area contributed by atoms with E-state index in [1.54, 1.807) is 56.7 Å². The van der Waals surface area contributed by atoms with Gasteiger partial charge in [-0.05, 0) is 34.5 Å². The molecule has 8 heteroatoms. The van der Waals surface area contributed by atoms with E-state index >= 15 is 0 Å². The molecule has 1 aromatic carbocycles. The van der Waals surface area contributed by atoms with Crippen molar-refractivity contribution >= 4 is 40.9 Å². The van der Waals surface area contributed by atoms with E-state index in [0.29, 0.717) is 17.0 Å². The van der Waals surface area contributed by atoms with Gasteiger partial charge in [0, 0.05) is 32.6 Å². The molecule has 0 N–H and O–H groups in total. The molecule has 6 nitrogen and oxygen atoms in total. The van der Waals surface area contributed by atoms with E-state index in [2.05, 4.69) is 0 Å². The smallest absolute Gasteiger partial charge is 0.339 e. The average Bonchev–Trinajstić information content (AvgIpc) is 3.16. The predicted molar refractivity (Wildman–Crippen MR) is 107 cm³/mol. The molecule has 0 saturated heterocycles. The summed E-state index contributed by atoms with van der Waals surface area (Å²) in [6.45, 7) is 0.147. The van der Waals surface area contributed by atoms with Crippen molar-refractivity contribution in [2.45, 2.75) is 11.4 Å². The van der Waals surface area contributed by atoms with Gasteiger partial charge < -0.3 is 14.5 Å². The third-order valence-corrected chi connectivity index (χ3v) is 5.50. The van der Waals surface area contributed by atoms with Crippen molar-refractivity contribution in [3.8, 4) is 0 Å². The summed E-state index contributed by atoms with van der Waals surface area (Å²) in [5.74, 6) is -0.678. The van der Waals surface area contributed by atoms with Crippen LogP contribution >= 0.6 is 23.1 Å². The Morgan fingerprint density at radius 2 is 1.81 bits per heavy atom. The minimum Gasteiger partial charge on any atom is -0.452 e. The monoisotopic (exact) mass is 406 g/mol. The highest BCUT2D eigenvalue weighted by Crippen LogP contribution is 2.23. The first-order valence-electron chi connectivity index (χ1n) is 8.22. The van der Waals surface area contributed by atoms with Gasteiger partial charge in [-0.15, -0.1) is 11.8 Å². The highest BCUT2D eigenvalue weighted by molar-refractivity contribution is 8.00. The Hall–Kier alpha value is -2.32. The van der Waals surface area contributed by atoms with Crippen LogP contribution in [-0.4, -0.2) is 61.1 Å². The average molecular weight is 407 g/mol. The standard InChI is InChI=1S/C19H22N2O4S2/c1-20(2)18(23)13-27-16-7-5-4-6-15(16)19(24)25-11-17(22)21(3)10-14-8-9-26-12-14/h4-9,12H,10-11,13H2,1-3H3. The summed E-state index contributed by atoms with van der Waals surface area (Å²) in [5.41, 5.74) is 1.39. The van der Waals surface area contributed by atoms with E-state index in [9.17, 15) is 14.4 Å². The summed E-state index contributed by atoms with van der Waals surface area (Å²) in [6.07, 6.45) is 0. The van der Waals surface area contributed by atoms with Gasteiger partial charge in [0.1, 0.15) is 0 Å². The van der Waals surface area contributed by atoms with E-state index < -0.39 is 5.97 Å². The maximum absolute atomic E-state index is 12.4. The minimum absolute atomic E-state index is 0.0478. The van der Waals surface area contributed by atoms with Crippen LogP contribution < -0.4 is 0 Å². The van der Waals surface area contributed by atoms with Crippen molar-refractivity contribution in [1.82, 2.24) is 9.80 Å². The Balaban J connectivity index is 1.91.